The van der Waals surface area contributed by atoms with Gasteiger partial charge in [0.15, 0.2) is 11.5 Å². The molecule has 0 atom stereocenters. The average Bonchev–Trinajstić information content (AvgIpc) is 2.17. The molecule has 0 saturated heterocycles. The van der Waals surface area contributed by atoms with E-state index < -0.39 is 0 Å². The van der Waals surface area contributed by atoms with Crippen molar-refractivity contribution in [3.63, 3.8) is 0 Å². The van der Waals surface area contributed by atoms with E-state index in [1.165, 1.54) is 5.56 Å². The maximum atomic E-state index is 9.43. The Bertz CT molecular complexity index is 269. The molecule has 0 saturated carbocycles. The molecule has 0 spiro atoms. The summed E-state index contributed by atoms with van der Waals surface area (Å²) in [5.74, 6) is 0.826. The number of benzene rings is 1. The van der Waals surface area contributed by atoms with Crippen molar-refractivity contribution in [2.45, 2.75) is 26.7 Å². The first-order chi connectivity index (χ1) is 6.27. The Morgan fingerprint density at radius 2 is 2.08 bits per heavy atom. The lowest BCUT2D eigenvalue weighted by Crippen LogP contribution is -1.95. The smallest absolute Gasteiger partial charge is 0.161 e. The molecule has 0 fully saturated rings. The third kappa shape index (κ3) is 2.65. The molecule has 2 nitrogen and oxygen atoms in total. The Hall–Kier alpha value is -1.18. The van der Waals surface area contributed by atoms with Crippen LogP contribution in [0.3, 0.4) is 0 Å². The van der Waals surface area contributed by atoms with Gasteiger partial charge in [0.25, 0.3) is 0 Å². The van der Waals surface area contributed by atoms with Gasteiger partial charge in [-0.15, -0.1) is 0 Å². The summed E-state index contributed by atoms with van der Waals surface area (Å²) in [7, 11) is 0. The fourth-order valence-electron chi connectivity index (χ4n) is 1.11. The predicted molar refractivity (Wildman–Crippen MR) is 53.3 cm³/mol. The first-order valence-corrected chi connectivity index (χ1v) is 4.72. The second-order valence-corrected chi connectivity index (χ2v) is 3.00. The molecular weight excluding hydrogens is 164 g/mol. The van der Waals surface area contributed by atoms with Gasteiger partial charge in [-0.3, -0.25) is 0 Å². The Kier molecular flexibility index (Phi) is 3.62. The summed E-state index contributed by atoms with van der Waals surface area (Å²) in [6.07, 6.45) is 1.92. The van der Waals surface area contributed by atoms with E-state index in [4.69, 9.17) is 4.74 Å². The number of hydrogen-bond donors (Lipinski definition) is 1. The number of aromatic hydroxyl groups is 1. The van der Waals surface area contributed by atoms with Crippen LogP contribution in [0.4, 0.5) is 0 Å². The van der Waals surface area contributed by atoms with E-state index in [0.717, 1.165) is 12.8 Å². The predicted octanol–water partition coefficient (Wildman–Crippen LogP) is 2.74. The lowest BCUT2D eigenvalue weighted by molar-refractivity contribution is 0.299. The molecule has 1 N–H and O–H groups in total. The molecule has 2 heteroatoms. The molecular formula is C11H16O2. The molecule has 0 radical (unpaired) electrons. The van der Waals surface area contributed by atoms with Crippen LogP contribution in [0.25, 0.3) is 0 Å². The van der Waals surface area contributed by atoms with E-state index in [2.05, 4.69) is 6.92 Å². The Morgan fingerprint density at radius 3 is 2.69 bits per heavy atom. The van der Waals surface area contributed by atoms with Crippen molar-refractivity contribution in [3.8, 4) is 11.5 Å². The van der Waals surface area contributed by atoms with E-state index in [1.54, 1.807) is 6.07 Å². The van der Waals surface area contributed by atoms with Crippen LogP contribution in [0.15, 0.2) is 18.2 Å². The molecule has 0 unspecified atom stereocenters. The minimum absolute atomic E-state index is 0.227. The second kappa shape index (κ2) is 4.75. The van der Waals surface area contributed by atoms with Gasteiger partial charge in [0, 0.05) is 0 Å². The second-order valence-electron chi connectivity index (χ2n) is 3.00. The first kappa shape index (κ1) is 9.90. The monoisotopic (exact) mass is 180 g/mol. The Morgan fingerprint density at radius 1 is 1.31 bits per heavy atom. The highest BCUT2D eigenvalue weighted by Crippen LogP contribution is 2.26. The zero-order chi connectivity index (χ0) is 9.68. The average molecular weight is 180 g/mol. The van der Waals surface area contributed by atoms with Crippen LogP contribution in [0.1, 0.15) is 25.8 Å². The van der Waals surface area contributed by atoms with Gasteiger partial charge in [-0.2, -0.15) is 0 Å². The van der Waals surface area contributed by atoms with Crippen molar-refractivity contribution in [1.29, 1.82) is 0 Å². The van der Waals surface area contributed by atoms with Crippen molar-refractivity contribution in [2.75, 3.05) is 6.61 Å². The number of rotatable bonds is 4. The molecule has 0 aromatic heterocycles. The molecule has 0 aliphatic rings. The van der Waals surface area contributed by atoms with Crippen molar-refractivity contribution >= 4 is 0 Å². The zero-order valence-electron chi connectivity index (χ0n) is 8.21. The molecule has 0 aliphatic heterocycles. The van der Waals surface area contributed by atoms with Gasteiger partial charge in [-0.05, 0) is 30.5 Å². The third-order valence-electron chi connectivity index (χ3n) is 1.89. The summed E-state index contributed by atoms with van der Waals surface area (Å²) in [4.78, 5) is 0. The van der Waals surface area contributed by atoms with Gasteiger partial charge in [-0.1, -0.05) is 19.9 Å². The molecule has 1 rings (SSSR count). The van der Waals surface area contributed by atoms with Crippen LogP contribution in [-0.4, -0.2) is 11.7 Å². The SMILES string of the molecule is CCCOc1cc(CC)ccc1O. The minimum atomic E-state index is 0.227. The lowest BCUT2D eigenvalue weighted by atomic mass is 10.1. The Balaban J connectivity index is 2.78. The van der Waals surface area contributed by atoms with Gasteiger partial charge >= 0.3 is 0 Å². The van der Waals surface area contributed by atoms with Gasteiger partial charge in [0.1, 0.15) is 0 Å². The normalized spacial score (nSPS) is 10.0. The molecule has 0 aliphatic carbocycles. The largest absolute Gasteiger partial charge is 0.504 e. The number of phenolic OH excluding ortho intramolecular Hbond substituents is 1. The van der Waals surface area contributed by atoms with Gasteiger partial charge in [0.05, 0.1) is 6.61 Å². The summed E-state index contributed by atoms with van der Waals surface area (Å²) >= 11 is 0. The van der Waals surface area contributed by atoms with E-state index in [1.807, 2.05) is 19.1 Å². The van der Waals surface area contributed by atoms with Gasteiger partial charge in [-0.25, -0.2) is 0 Å². The molecule has 0 heterocycles. The van der Waals surface area contributed by atoms with Crippen LogP contribution in [0.2, 0.25) is 0 Å². The maximum absolute atomic E-state index is 9.43. The number of hydrogen-bond acceptors (Lipinski definition) is 2. The fraction of sp³-hybridized carbons (Fsp3) is 0.455. The maximum Gasteiger partial charge on any atom is 0.161 e. The summed E-state index contributed by atoms with van der Waals surface area (Å²) in [5, 5.41) is 9.43. The van der Waals surface area contributed by atoms with E-state index in [0.29, 0.717) is 12.4 Å². The zero-order valence-corrected chi connectivity index (χ0v) is 8.21. The summed E-state index contributed by atoms with van der Waals surface area (Å²) < 4.78 is 5.38. The standard InChI is InChI=1S/C11H16O2/c1-3-7-13-11-8-9(4-2)5-6-10(11)12/h5-6,8,12H,3-4,7H2,1-2H3. The highest BCUT2D eigenvalue weighted by Gasteiger charge is 2.01. The van der Waals surface area contributed by atoms with Crippen LogP contribution in [0.5, 0.6) is 11.5 Å². The summed E-state index contributed by atoms with van der Waals surface area (Å²) in [6.45, 7) is 4.78. The van der Waals surface area contributed by atoms with Crippen molar-refractivity contribution in [1.82, 2.24) is 0 Å². The summed E-state index contributed by atoms with van der Waals surface area (Å²) in [5.41, 5.74) is 1.18. The van der Waals surface area contributed by atoms with E-state index >= 15 is 0 Å². The molecule has 0 bridgehead atoms. The fourth-order valence-corrected chi connectivity index (χ4v) is 1.11. The first-order valence-electron chi connectivity index (χ1n) is 4.72. The van der Waals surface area contributed by atoms with Crippen molar-refractivity contribution < 1.29 is 9.84 Å². The highest BCUT2D eigenvalue weighted by atomic mass is 16.5. The topological polar surface area (TPSA) is 29.5 Å². The summed E-state index contributed by atoms with van der Waals surface area (Å²) in [6, 6.07) is 5.49. The van der Waals surface area contributed by atoms with Gasteiger partial charge in [0.2, 0.25) is 0 Å². The minimum Gasteiger partial charge on any atom is -0.504 e. The third-order valence-corrected chi connectivity index (χ3v) is 1.89. The molecule has 13 heavy (non-hydrogen) atoms. The van der Waals surface area contributed by atoms with Crippen molar-refractivity contribution in [2.24, 2.45) is 0 Å². The Labute approximate surface area is 79.2 Å². The highest BCUT2D eigenvalue weighted by molar-refractivity contribution is 5.41. The van der Waals surface area contributed by atoms with Gasteiger partial charge < -0.3 is 9.84 Å². The number of phenols is 1. The number of aryl methyl sites for hydroxylation is 1. The number of ether oxygens (including phenoxy) is 1. The van der Waals surface area contributed by atoms with Crippen molar-refractivity contribution in [3.05, 3.63) is 23.8 Å². The lowest BCUT2D eigenvalue weighted by Gasteiger charge is -2.07. The molecule has 72 valence electrons. The quantitative estimate of drug-likeness (QED) is 0.772. The van der Waals surface area contributed by atoms with Crippen LogP contribution < -0.4 is 4.74 Å². The van der Waals surface area contributed by atoms with Crippen LogP contribution >= 0.6 is 0 Å². The van der Waals surface area contributed by atoms with E-state index in [-0.39, 0.29) is 5.75 Å². The van der Waals surface area contributed by atoms with Crippen LogP contribution in [0, 0.1) is 0 Å². The van der Waals surface area contributed by atoms with E-state index in [9.17, 15) is 5.11 Å². The molecule has 0 amide bonds. The van der Waals surface area contributed by atoms with Crippen LogP contribution in [-0.2, 0) is 6.42 Å². The molecule has 1 aromatic carbocycles. The molecule has 1 aromatic rings.